The summed E-state index contributed by atoms with van der Waals surface area (Å²) in [7, 11) is 0. The Morgan fingerprint density at radius 2 is 2.35 bits per heavy atom. The van der Waals surface area contributed by atoms with E-state index in [-0.39, 0.29) is 12.6 Å². The van der Waals surface area contributed by atoms with Gasteiger partial charge in [0.1, 0.15) is 6.33 Å². The summed E-state index contributed by atoms with van der Waals surface area (Å²) in [4.78, 5) is 24.5. The van der Waals surface area contributed by atoms with Crippen molar-refractivity contribution in [1.29, 1.82) is 0 Å². The number of nitrogens with zero attached hydrogens (tertiary/aromatic N) is 4. The lowest BCUT2D eigenvalue weighted by molar-refractivity contribution is -0.143. The standard InChI is InChI=1S/C12H19N5O3/c1-2-16-8-14-15-10(16)6-13-12(20)17-5-3-4-9(7-17)11(18)19/h8-9H,2-7H2,1H3,(H,13,20)(H,18,19)/t9-/m1/s1. The van der Waals surface area contributed by atoms with Gasteiger partial charge in [-0.3, -0.25) is 4.79 Å². The first-order chi connectivity index (χ1) is 9.61. The van der Waals surface area contributed by atoms with Crippen LogP contribution in [0.4, 0.5) is 4.79 Å². The van der Waals surface area contributed by atoms with E-state index in [4.69, 9.17) is 5.11 Å². The molecule has 2 heterocycles. The molecule has 8 nitrogen and oxygen atoms in total. The molecule has 1 atom stereocenters. The Labute approximate surface area is 116 Å². The van der Waals surface area contributed by atoms with Crippen molar-refractivity contribution in [2.75, 3.05) is 13.1 Å². The molecule has 2 N–H and O–H groups in total. The number of aryl methyl sites for hydroxylation is 1. The van der Waals surface area contributed by atoms with Crippen LogP contribution in [0.15, 0.2) is 6.33 Å². The van der Waals surface area contributed by atoms with Crippen molar-refractivity contribution in [1.82, 2.24) is 25.0 Å². The van der Waals surface area contributed by atoms with Crippen molar-refractivity contribution in [3.8, 4) is 0 Å². The van der Waals surface area contributed by atoms with Crippen LogP contribution in [-0.4, -0.2) is 49.9 Å². The molecule has 2 amide bonds. The summed E-state index contributed by atoms with van der Waals surface area (Å²) in [6.45, 7) is 3.86. The van der Waals surface area contributed by atoms with E-state index < -0.39 is 11.9 Å². The van der Waals surface area contributed by atoms with E-state index in [1.54, 1.807) is 11.2 Å². The number of hydrogen-bond acceptors (Lipinski definition) is 4. The van der Waals surface area contributed by atoms with Crippen molar-refractivity contribution >= 4 is 12.0 Å². The summed E-state index contributed by atoms with van der Waals surface area (Å²) >= 11 is 0. The maximum atomic E-state index is 12.0. The van der Waals surface area contributed by atoms with Crippen LogP contribution in [0.25, 0.3) is 0 Å². The topological polar surface area (TPSA) is 100 Å². The van der Waals surface area contributed by atoms with Gasteiger partial charge in [-0.25, -0.2) is 4.79 Å². The third-order valence-electron chi connectivity index (χ3n) is 3.49. The lowest BCUT2D eigenvalue weighted by Crippen LogP contribution is -2.47. The first-order valence-electron chi connectivity index (χ1n) is 6.74. The quantitative estimate of drug-likeness (QED) is 0.827. The molecule has 110 valence electrons. The van der Waals surface area contributed by atoms with Crippen molar-refractivity contribution in [3.05, 3.63) is 12.2 Å². The Morgan fingerprint density at radius 1 is 1.55 bits per heavy atom. The van der Waals surface area contributed by atoms with Crippen molar-refractivity contribution in [2.24, 2.45) is 5.92 Å². The molecule has 0 spiro atoms. The number of nitrogens with one attached hydrogen (secondary N) is 1. The van der Waals surface area contributed by atoms with E-state index in [0.29, 0.717) is 25.3 Å². The second-order valence-electron chi connectivity index (χ2n) is 4.82. The first kappa shape index (κ1) is 14.3. The van der Waals surface area contributed by atoms with Gasteiger partial charge in [0, 0.05) is 19.6 Å². The molecule has 1 fully saturated rings. The number of rotatable bonds is 4. The summed E-state index contributed by atoms with van der Waals surface area (Å²) in [6.07, 6.45) is 2.96. The molecular formula is C12H19N5O3. The zero-order valence-corrected chi connectivity index (χ0v) is 11.4. The molecule has 20 heavy (non-hydrogen) atoms. The predicted octanol–water partition coefficient (Wildman–Crippen LogP) is 0.304. The van der Waals surface area contributed by atoms with Gasteiger partial charge in [0.25, 0.3) is 0 Å². The van der Waals surface area contributed by atoms with E-state index in [2.05, 4.69) is 15.5 Å². The van der Waals surface area contributed by atoms with E-state index in [1.807, 2.05) is 11.5 Å². The molecule has 0 aliphatic carbocycles. The summed E-state index contributed by atoms with van der Waals surface area (Å²) < 4.78 is 1.84. The maximum Gasteiger partial charge on any atom is 0.317 e. The van der Waals surface area contributed by atoms with Crippen LogP contribution < -0.4 is 5.32 Å². The number of hydrogen-bond donors (Lipinski definition) is 2. The number of likely N-dealkylation sites (tertiary alicyclic amines) is 1. The zero-order chi connectivity index (χ0) is 14.5. The smallest absolute Gasteiger partial charge is 0.317 e. The molecular weight excluding hydrogens is 262 g/mol. The second kappa shape index (κ2) is 6.36. The number of carbonyl (C=O) groups excluding carboxylic acids is 1. The number of aromatic nitrogens is 3. The number of carboxylic acids is 1. The van der Waals surface area contributed by atoms with Gasteiger partial charge in [-0.2, -0.15) is 0 Å². The molecule has 0 bridgehead atoms. The lowest BCUT2D eigenvalue weighted by atomic mass is 9.99. The molecule has 2 rings (SSSR count). The molecule has 0 radical (unpaired) electrons. The molecule has 0 aromatic carbocycles. The average Bonchev–Trinajstić information content (AvgIpc) is 2.92. The second-order valence-corrected chi connectivity index (χ2v) is 4.82. The fourth-order valence-electron chi connectivity index (χ4n) is 2.31. The highest BCUT2D eigenvalue weighted by molar-refractivity contribution is 5.76. The highest BCUT2D eigenvalue weighted by Crippen LogP contribution is 2.16. The molecule has 1 aliphatic rings. The van der Waals surface area contributed by atoms with E-state index in [1.165, 1.54) is 0 Å². The Kier molecular flexibility index (Phi) is 4.54. The van der Waals surface area contributed by atoms with E-state index >= 15 is 0 Å². The Balaban J connectivity index is 1.87. The van der Waals surface area contributed by atoms with Crippen LogP contribution in [0.5, 0.6) is 0 Å². The molecule has 1 aliphatic heterocycles. The van der Waals surface area contributed by atoms with Gasteiger partial charge >= 0.3 is 12.0 Å². The number of amides is 2. The van der Waals surface area contributed by atoms with Crippen LogP contribution in [-0.2, 0) is 17.9 Å². The predicted molar refractivity (Wildman–Crippen MR) is 69.9 cm³/mol. The highest BCUT2D eigenvalue weighted by Gasteiger charge is 2.28. The first-order valence-corrected chi connectivity index (χ1v) is 6.74. The van der Waals surface area contributed by atoms with Crippen molar-refractivity contribution < 1.29 is 14.7 Å². The third kappa shape index (κ3) is 3.25. The average molecular weight is 281 g/mol. The van der Waals surface area contributed by atoms with Gasteiger partial charge in [-0.15, -0.1) is 10.2 Å². The molecule has 0 saturated carbocycles. The molecule has 8 heteroatoms. The highest BCUT2D eigenvalue weighted by atomic mass is 16.4. The number of carbonyl (C=O) groups is 2. The van der Waals surface area contributed by atoms with Crippen LogP contribution in [0.3, 0.4) is 0 Å². The van der Waals surface area contributed by atoms with Crippen LogP contribution in [0, 0.1) is 5.92 Å². The van der Waals surface area contributed by atoms with Crippen LogP contribution >= 0.6 is 0 Å². The summed E-state index contributed by atoms with van der Waals surface area (Å²) in [5, 5.41) is 19.5. The SMILES string of the molecule is CCn1cnnc1CNC(=O)N1CCC[C@@H](C(=O)O)C1. The molecule has 1 aromatic heterocycles. The fraction of sp³-hybridized carbons (Fsp3) is 0.667. The minimum atomic E-state index is -0.840. The van der Waals surface area contributed by atoms with Crippen molar-refractivity contribution in [2.45, 2.75) is 32.9 Å². The Bertz CT molecular complexity index is 487. The maximum absolute atomic E-state index is 12.0. The zero-order valence-electron chi connectivity index (χ0n) is 11.4. The number of carboxylic acid groups (broad SMARTS) is 1. The van der Waals surface area contributed by atoms with Crippen LogP contribution in [0.1, 0.15) is 25.6 Å². The van der Waals surface area contributed by atoms with Gasteiger partial charge in [-0.05, 0) is 19.8 Å². The van der Waals surface area contributed by atoms with Gasteiger partial charge in [-0.1, -0.05) is 0 Å². The summed E-state index contributed by atoms with van der Waals surface area (Å²) in [5.74, 6) is -0.616. The monoisotopic (exact) mass is 281 g/mol. The Morgan fingerprint density at radius 3 is 3.05 bits per heavy atom. The normalized spacial score (nSPS) is 18.9. The van der Waals surface area contributed by atoms with Crippen LogP contribution in [0.2, 0.25) is 0 Å². The largest absolute Gasteiger partial charge is 0.481 e. The van der Waals surface area contributed by atoms with E-state index in [9.17, 15) is 9.59 Å². The van der Waals surface area contributed by atoms with Crippen molar-refractivity contribution in [3.63, 3.8) is 0 Å². The molecule has 0 unspecified atom stereocenters. The van der Waals surface area contributed by atoms with Gasteiger partial charge in [0.2, 0.25) is 0 Å². The number of piperidine rings is 1. The van der Waals surface area contributed by atoms with Gasteiger partial charge in [0.15, 0.2) is 5.82 Å². The summed E-state index contributed by atoms with van der Waals surface area (Å²) in [6, 6.07) is -0.249. The lowest BCUT2D eigenvalue weighted by Gasteiger charge is -2.30. The minimum absolute atomic E-state index is 0.249. The third-order valence-corrected chi connectivity index (χ3v) is 3.49. The number of aliphatic carboxylic acids is 1. The van der Waals surface area contributed by atoms with Gasteiger partial charge < -0.3 is 19.9 Å². The molecule has 1 saturated heterocycles. The fourth-order valence-corrected chi connectivity index (χ4v) is 2.31. The van der Waals surface area contributed by atoms with E-state index in [0.717, 1.165) is 13.0 Å². The van der Waals surface area contributed by atoms with Gasteiger partial charge in [0.05, 0.1) is 12.5 Å². The minimum Gasteiger partial charge on any atom is -0.481 e. The summed E-state index contributed by atoms with van der Waals surface area (Å²) in [5.41, 5.74) is 0. The molecule has 1 aromatic rings. The Hall–Kier alpha value is -2.12. The number of urea groups is 1.